The van der Waals surface area contributed by atoms with Gasteiger partial charge in [0.1, 0.15) is 12.4 Å². The van der Waals surface area contributed by atoms with Crippen molar-refractivity contribution < 1.29 is 14.5 Å². The number of carbonyl (C=O) groups is 1. The fourth-order valence-electron chi connectivity index (χ4n) is 2.55. The number of benzene rings is 3. The molecule has 3 aromatic rings. The Morgan fingerprint density at radius 3 is 2.28 bits per heavy atom. The Balaban J connectivity index is 1.40. The van der Waals surface area contributed by atoms with Gasteiger partial charge in [0.2, 0.25) is 5.91 Å². The number of hydrogen-bond donors (Lipinski definition) is 1. The summed E-state index contributed by atoms with van der Waals surface area (Å²) in [5, 5.41) is 13.5. The van der Waals surface area contributed by atoms with Gasteiger partial charge in [-0.2, -0.15) is 0 Å². The zero-order valence-electron chi connectivity index (χ0n) is 15.6. The Morgan fingerprint density at radius 1 is 0.931 bits per heavy atom. The smallest absolute Gasteiger partial charge is 0.269 e. The van der Waals surface area contributed by atoms with E-state index in [1.54, 1.807) is 24.3 Å². The summed E-state index contributed by atoms with van der Waals surface area (Å²) in [5.74, 6) is 1.54. The van der Waals surface area contributed by atoms with Gasteiger partial charge in [0.25, 0.3) is 5.69 Å². The third kappa shape index (κ3) is 6.65. The van der Waals surface area contributed by atoms with Crippen LogP contribution in [0.2, 0.25) is 0 Å². The number of rotatable bonds is 9. The van der Waals surface area contributed by atoms with Gasteiger partial charge in [-0.15, -0.1) is 11.8 Å². The van der Waals surface area contributed by atoms with E-state index in [1.165, 1.54) is 23.9 Å². The van der Waals surface area contributed by atoms with E-state index in [0.29, 0.717) is 23.8 Å². The molecule has 7 heteroatoms. The second-order valence-corrected chi connectivity index (χ2v) is 7.25. The van der Waals surface area contributed by atoms with Crippen molar-refractivity contribution in [3.63, 3.8) is 0 Å². The highest BCUT2D eigenvalue weighted by Crippen LogP contribution is 2.19. The minimum absolute atomic E-state index is 0.0627. The van der Waals surface area contributed by atoms with Gasteiger partial charge in [-0.05, 0) is 35.4 Å². The zero-order chi connectivity index (χ0) is 20.5. The highest BCUT2D eigenvalue weighted by Gasteiger charge is 2.06. The van der Waals surface area contributed by atoms with Crippen molar-refractivity contribution in [1.82, 2.24) is 0 Å². The Hall–Kier alpha value is -3.32. The SMILES string of the molecule is O=C(CSCc1ccc([N+](=O)[O-])cc1)Nc1ccc(OCc2ccccc2)cc1. The van der Waals surface area contributed by atoms with E-state index in [-0.39, 0.29) is 11.6 Å². The van der Waals surface area contributed by atoms with E-state index in [9.17, 15) is 14.9 Å². The van der Waals surface area contributed by atoms with E-state index in [2.05, 4.69) is 5.32 Å². The van der Waals surface area contributed by atoms with Crippen molar-refractivity contribution in [1.29, 1.82) is 0 Å². The fourth-order valence-corrected chi connectivity index (χ4v) is 3.34. The molecule has 0 fully saturated rings. The van der Waals surface area contributed by atoms with Crippen LogP contribution in [0, 0.1) is 10.1 Å². The van der Waals surface area contributed by atoms with Crippen LogP contribution in [0.1, 0.15) is 11.1 Å². The molecule has 0 aliphatic heterocycles. The van der Waals surface area contributed by atoms with E-state index in [1.807, 2.05) is 42.5 Å². The number of ether oxygens (including phenoxy) is 1. The third-order valence-corrected chi connectivity index (χ3v) is 5.04. The number of anilines is 1. The standard InChI is InChI=1S/C22H20N2O4S/c25-22(16-29-15-18-6-10-20(11-7-18)24(26)27)23-19-8-12-21(13-9-19)28-14-17-4-2-1-3-5-17/h1-13H,14-16H2,(H,23,25). The first-order chi connectivity index (χ1) is 14.1. The van der Waals surface area contributed by atoms with Gasteiger partial charge < -0.3 is 10.1 Å². The molecule has 29 heavy (non-hydrogen) atoms. The Labute approximate surface area is 173 Å². The summed E-state index contributed by atoms with van der Waals surface area (Å²) in [7, 11) is 0. The van der Waals surface area contributed by atoms with Crippen LogP contribution in [0.5, 0.6) is 5.75 Å². The number of nitrogens with zero attached hydrogens (tertiary/aromatic N) is 1. The highest BCUT2D eigenvalue weighted by atomic mass is 32.2. The molecule has 6 nitrogen and oxygen atoms in total. The monoisotopic (exact) mass is 408 g/mol. The Kier molecular flexibility index (Phi) is 7.24. The first kappa shape index (κ1) is 20.4. The van der Waals surface area contributed by atoms with Gasteiger partial charge in [0.15, 0.2) is 0 Å². The molecule has 0 atom stereocenters. The van der Waals surface area contributed by atoms with Gasteiger partial charge >= 0.3 is 0 Å². The lowest BCUT2D eigenvalue weighted by Crippen LogP contribution is -2.14. The molecule has 3 aromatic carbocycles. The summed E-state index contributed by atoms with van der Waals surface area (Å²) in [4.78, 5) is 22.3. The van der Waals surface area contributed by atoms with Crippen LogP contribution in [-0.4, -0.2) is 16.6 Å². The Morgan fingerprint density at radius 2 is 1.62 bits per heavy atom. The minimum Gasteiger partial charge on any atom is -0.489 e. The number of nitro benzene ring substituents is 1. The number of carbonyl (C=O) groups excluding carboxylic acids is 1. The van der Waals surface area contributed by atoms with Crippen LogP contribution in [-0.2, 0) is 17.2 Å². The molecule has 0 unspecified atom stereocenters. The number of hydrogen-bond acceptors (Lipinski definition) is 5. The second kappa shape index (κ2) is 10.3. The van der Waals surface area contributed by atoms with Gasteiger partial charge in [0, 0.05) is 23.6 Å². The van der Waals surface area contributed by atoms with Crippen LogP contribution in [0.3, 0.4) is 0 Å². The number of thioether (sulfide) groups is 1. The molecule has 0 saturated heterocycles. The molecule has 0 spiro atoms. The molecular weight excluding hydrogens is 388 g/mol. The molecule has 0 radical (unpaired) electrons. The molecule has 1 N–H and O–H groups in total. The van der Waals surface area contributed by atoms with Crippen molar-refractivity contribution in [2.45, 2.75) is 12.4 Å². The lowest BCUT2D eigenvalue weighted by Gasteiger charge is -2.08. The van der Waals surface area contributed by atoms with Gasteiger partial charge in [-0.3, -0.25) is 14.9 Å². The number of nitro groups is 1. The van der Waals surface area contributed by atoms with E-state index in [0.717, 1.165) is 16.9 Å². The molecule has 1 amide bonds. The van der Waals surface area contributed by atoms with Crippen LogP contribution in [0.15, 0.2) is 78.9 Å². The van der Waals surface area contributed by atoms with Crippen molar-refractivity contribution in [3.05, 3.63) is 100 Å². The Bertz CT molecular complexity index is 945. The lowest BCUT2D eigenvalue weighted by atomic mass is 10.2. The van der Waals surface area contributed by atoms with Crippen LogP contribution < -0.4 is 10.1 Å². The van der Waals surface area contributed by atoms with Crippen LogP contribution in [0.4, 0.5) is 11.4 Å². The maximum absolute atomic E-state index is 12.1. The second-order valence-electron chi connectivity index (χ2n) is 6.26. The van der Waals surface area contributed by atoms with Crippen molar-refractivity contribution >= 4 is 29.0 Å². The van der Waals surface area contributed by atoms with Gasteiger partial charge in [0.05, 0.1) is 10.7 Å². The molecule has 0 aliphatic rings. The summed E-state index contributed by atoms with van der Waals surface area (Å²) in [6.45, 7) is 0.492. The number of nitrogens with one attached hydrogen (secondary N) is 1. The average molecular weight is 408 g/mol. The summed E-state index contributed by atoms with van der Waals surface area (Å²) < 4.78 is 5.73. The van der Waals surface area contributed by atoms with Crippen molar-refractivity contribution in [2.75, 3.05) is 11.1 Å². The number of amides is 1. The zero-order valence-corrected chi connectivity index (χ0v) is 16.4. The molecule has 0 aromatic heterocycles. The topological polar surface area (TPSA) is 81.5 Å². The fraction of sp³-hybridized carbons (Fsp3) is 0.136. The lowest BCUT2D eigenvalue weighted by molar-refractivity contribution is -0.384. The summed E-state index contributed by atoms with van der Waals surface area (Å²) in [5.41, 5.74) is 2.80. The predicted molar refractivity (Wildman–Crippen MR) is 115 cm³/mol. The van der Waals surface area contributed by atoms with Crippen molar-refractivity contribution in [2.24, 2.45) is 0 Å². The molecule has 0 saturated carbocycles. The minimum atomic E-state index is -0.428. The molecular formula is C22H20N2O4S. The first-order valence-electron chi connectivity index (χ1n) is 8.98. The van der Waals surface area contributed by atoms with Gasteiger partial charge in [-0.1, -0.05) is 42.5 Å². The van der Waals surface area contributed by atoms with Gasteiger partial charge in [-0.25, -0.2) is 0 Å². The quantitative estimate of drug-likeness (QED) is 0.396. The number of non-ortho nitro benzene ring substituents is 1. The van der Waals surface area contributed by atoms with Crippen LogP contribution >= 0.6 is 11.8 Å². The first-order valence-corrected chi connectivity index (χ1v) is 10.1. The molecule has 0 aliphatic carbocycles. The van der Waals surface area contributed by atoms with E-state index >= 15 is 0 Å². The normalized spacial score (nSPS) is 10.3. The highest BCUT2D eigenvalue weighted by molar-refractivity contribution is 7.99. The molecule has 0 heterocycles. The summed E-state index contributed by atoms with van der Waals surface area (Å²) >= 11 is 1.45. The molecule has 148 valence electrons. The van der Waals surface area contributed by atoms with E-state index in [4.69, 9.17) is 4.74 Å². The van der Waals surface area contributed by atoms with Crippen LogP contribution in [0.25, 0.3) is 0 Å². The van der Waals surface area contributed by atoms with E-state index < -0.39 is 4.92 Å². The summed E-state index contributed by atoms with van der Waals surface area (Å²) in [6, 6.07) is 23.5. The maximum atomic E-state index is 12.1. The largest absolute Gasteiger partial charge is 0.489 e. The predicted octanol–water partition coefficient (Wildman–Crippen LogP) is 5.05. The molecule has 3 rings (SSSR count). The van der Waals surface area contributed by atoms with Crippen molar-refractivity contribution in [3.8, 4) is 5.75 Å². The average Bonchev–Trinajstić information content (AvgIpc) is 2.74. The third-order valence-electron chi connectivity index (χ3n) is 4.04. The molecule has 0 bridgehead atoms. The maximum Gasteiger partial charge on any atom is 0.269 e. The summed E-state index contributed by atoms with van der Waals surface area (Å²) in [6.07, 6.45) is 0.